The van der Waals surface area contributed by atoms with Crippen LogP contribution in [-0.4, -0.2) is 29.1 Å². The fourth-order valence-electron chi connectivity index (χ4n) is 2.39. The summed E-state index contributed by atoms with van der Waals surface area (Å²) in [6.07, 6.45) is 2.55. The van der Waals surface area contributed by atoms with Crippen molar-refractivity contribution < 1.29 is 9.90 Å². The summed E-state index contributed by atoms with van der Waals surface area (Å²) >= 11 is 0. The molecule has 0 amide bonds. The quantitative estimate of drug-likeness (QED) is 0.844. The van der Waals surface area contributed by atoms with E-state index in [1.54, 1.807) is 0 Å². The summed E-state index contributed by atoms with van der Waals surface area (Å²) in [5, 5.41) is 8.70. The van der Waals surface area contributed by atoms with Crippen molar-refractivity contribution >= 4 is 5.97 Å². The number of hydrogen-bond donors (Lipinski definition) is 1. The molecular weight excluding hydrogens is 202 g/mol. The lowest BCUT2D eigenvalue weighted by Gasteiger charge is -2.23. The van der Waals surface area contributed by atoms with E-state index in [0.717, 1.165) is 13.0 Å². The summed E-state index contributed by atoms with van der Waals surface area (Å²) < 4.78 is 0. The zero-order chi connectivity index (χ0) is 11.4. The Morgan fingerprint density at radius 3 is 2.81 bits per heavy atom. The molecule has 0 radical (unpaired) electrons. The Bertz CT molecular complexity index is 350. The monoisotopic (exact) mass is 219 g/mol. The van der Waals surface area contributed by atoms with Crippen LogP contribution in [0.1, 0.15) is 30.9 Å². The van der Waals surface area contributed by atoms with Gasteiger partial charge in [0.1, 0.15) is 0 Å². The molecule has 1 atom stereocenters. The Balaban J connectivity index is 2.01. The number of carboxylic acid groups (broad SMARTS) is 1. The number of carbonyl (C=O) groups is 1. The number of carboxylic acids is 1. The van der Waals surface area contributed by atoms with E-state index in [1.807, 2.05) is 18.2 Å². The first-order valence-electron chi connectivity index (χ1n) is 5.78. The van der Waals surface area contributed by atoms with Crippen LogP contribution in [-0.2, 0) is 4.79 Å². The van der Waals surface area contributed by atoms with Crippen LogP contribution < -0.4 is 0 Å². The van der Waals surface area contributed by atoms with Crippen molar-refractivity contribution in [3.63, 3.8) is 0 Å². The van der Waals surface area contributed by atoms with E-state index in [4.69, 9.17) is 5.11 Å². The maximum absolute atomic E-state index is 10.6. The predicted molar refractivity (Wildman–Crippen MR) is 62.2 cm³/mol. The SMILES string of the molecule is O=C(O)CCN1CCCC1c1ccccc1. The van der Waals surface area contributed by atoms with Crippen LogP contribution in [0, 0.1) is 0 Å². The summed E-state index contributed by atoms with van der Waals surface area (Å²) in [6.45, 7) is 1.68. The third kappa shape index (κ3) is 2.61. The number of hydrogen-bond acceptors (Lipinski definition) is 2. The molecule has 2 rings (SSSR count). The summed E-state index contributed by atoms with van der Waals surface area (Å²) in [6, 6.07) is 10.8. The van der Waals surface area contributed by atoms with Crippen molar-refractivity contribution in [1.29, 1.82) is 0 Å². The zero-order valence-electron chi connectivity index (χ0n) is 9.30. The summed E-state index contributed by atoms with van der Waals surface area (Å²) in [4.78, 5) is 12.9. The third-order valence-electron chi connectivity index (χ3n) is 3.16. The Kier molecular flexibility index (Phi) is 3.57. The van der Waals surface area contributed by atoms with Crippen LogP contribution in [0.5, 0.6) is 0 Å². The second kappa shape index (κ2) is 5.12. The maximum atomic E-state index is 10.6. The van der Waals surface area contributed by atoms with Gasteiger partial charge in [0.15, 0.2) is 0 Å². The molecule has 3 heteroatoms. The van der Waals surface area contributed by atoms with Crippen LogP contribution in [0.25, 0.3) is 0 Å². The molecule has 86 valence electrons. The zero-order valence-corrected chi connectivity index (χ0v) is 9.30. The largest absolute Gasteiger partial charge is 0.481 e. The smallest absolute Gasteiger partial charge is 0.304 e. The van der Waals surface area contributed by atoms with Gasteiger partial charge in [-0.05, 0) is 24.9 Å². The Morgan fingerprint density at radius 1 is 1.38 bits per heavy atom. The highest BCUT2D eigenvalue weighted by Gasteiger charge is 2.25. The van der Waals surface area contributed by atoms with Crippen LogP contribution in [0.4, 0.5) is 0 Å². The number of nitrogens with zero attached hydrogens (tertiary/aromatic N) is 1. The number of benzene rings is 1. The molecule has 1 N–H and O–H groups in total. The van der Waals surface area contributed by atoms with Gasteiger partial charge in [-0.2, -0.15) is 0 Å². The van der Waals surface area contributed by atoms with Gasteiger partial charge < -0.3 is 5.11 Å². The Labute approximate surface area is 95.7 Å². The van der Waals surface area contributed by atoms with Crippen molar-refractivity contribution in [2.24, 2.45) is 0 Å². The minimum atomic E-state index is -0.710. The average Bonchev–Trinajstić information content (AvgIpc) is 2.75. The molecule has 0 aliphatic carbocycles. The van der Waals surface area contributed by atoms with Gasteiger partial charge in [0.2, 0.25) is 0 Å². The minimum absolute atomic E-state index is 0.239. The van der Waals surface area contributed by atoms with Gasteiger partial charge in [0.25, 0.3) is 0 Å². The first-order valence-corrected chi connectivity index (χ1v) is 5.78. The molecule has 0 aromatic heterocycles. The number of likely N-dealkylation sites (tertiary alicyclic amines) is 1. The molecule has 0 bridgehead atoms. The lowest BCUT2D eigenvalue weighted by molar-refractivity contribution is -0.137. The standard InChI is InChI=1S/C13H17NO2/c15-13(16)8-10-14-9-4-7-12(14)11-5-2-1-3-6-11/h1-3,5-6,12H,4,7-10H2,(H,15,16). The topological polar surface area (TPSA) is 40.5 Å². The second-order valence-corrected chi connectivity index (χ2v) is 4.25. The third-order valence-corrected chi connectivity index (χ3v) is 3.16. The molecule has 1 saturated heterocycles. The molecule has 1 heterocycles. The average molecular weight is 219 g/mol. The fraction of sp³-hybridized carbons (Fsp3) is 0.462. The fourth-order valence-corrected chi connectivity index (χ4v) is 2.39. The first-order chi connectivity index (χ1) is 7.77. The van der Waals surface area contributed by atoms with Crippen molar-refractivity contribution in [3.8, 4) is 0 Å². The molecule has 1 fully saturated rings. The summed E-state index contributed by atoms with van der Waals surface area (Å²) in [5.41, 5.74) is 1.31. The first kappa shape index (κ1) is 11.1. The van der Waals surface area contributed by atoms with Gasteiger partial charge in [0, 0.05) is 12.6 Å². The van der Waals surface area contributed by atoms with Gasteiger partial charge in [-0.15, -0.1) is 0 Å². The highest BCUT2D eigenvalue weighted by molar-refractivity contribution is 5.66. The van der Waals surface area contributed by atoms with Crippen LogP contribution in [0.2, 0.25) is 0 Å². The summed E-state index contributed by atoms with van der Waals surface area (Å²) in [5.74, 6) is -0.710. The molecule has 1 aromatic rings. The maximum Gasteiger partial charge on any atom is 0.304 e. The molecular formula is C13H17NO2. The molecule has 1 aliphatic rings. The lowest BCUT2D eigenvalue weighted by atomic mass is 10.0. The van der Waals surface area contributed by atoms with Gasteiger partial charge in [-0.1, -0.05) is 30.3 Å². The van der Waals surface area contributed by atoms with E-state index in [1.165, 1.54) is 12.0 Å². The van der Waals surface area contributed by atoms with Gasteiger partial charge in [-0.3, -0.25) is 9.69 Å². The molecule has 16 heavy (non-hydrogen) atoms. The van der Waals surface area contributed by atoms with Gasteiger partial charge in [-0.25, -0.2) is 0 Å². The predicted octanol–water partition coefficient (Wildman–Crippen LogP) is 2.30. The highest BCUT2D eigenvalue weighted by Crippen LogP contribution is 2.31. The van der Waals surface area contributed by atoms with Crippen molar-refractivity contribution in [1.82, 2.24) is 4.90 Å². The number of aliphatic carboxylic acids is 1. The Hall–Kier alpha value is -1.35. The summed E-state index contributed by atoms with van der Waals surface area (Å²) in [7, 11) is 0. The second-order valence-electron chi connectivity index (χ2n) is 4.25. The van der Waals surface area contributed by atoms with E-state index in [2.05, 4.69) is 17.0 Å². The molecule has 0 spiro atoms. The van der Waals surface area contributed by atoms with Crippen LogP contribution >= 0.6 is 0 Å². The molecule has 1 aliphatic heterocycles. The van der Waals surface area contributed by atoms with Crippen LogP contribution in [0.15, 0.2) is 30.3 Å². The van der Waals surface area contributed by atoms with E-state index < -0.39 is 5.97 Å². The van der Waals surface area contributed by atoms with E-state index in [-0.39, 0.29) is 6.42 Å². The number of rotatable bonds is 4. The minimum Gasteiger partial charge on any atom is -0.481 e. The molecule has 0 saturated carbocycles. The van der Waals surface area contributed by atoms with Crippen molar-refractivity contribution in [2.75, 3.05) is 13.1 Å². The van der Waals surface area contributed by atoms with E-state index in [9.17, 15) is 4.79 Å². The molecule has 1 aromatic carbocycles. The van der Waals surface area contributed by atoms with Crippen molar-refractivity contribution in [3.05, 3.63) is 35.9 Å². The Morgan fingerprint density at radius 2 is 2.12 bits per heavy atom. The van der Waals surface area contributed by atoms with E-state index in [0.29, 0.717) is 12.6 Å². The molecule has 1 unspecified atom stereocenters. The van der Waals surface area contributed by atoms with Crippen molar-refractivity contribution in [2.45, 2.75) is 25.3 Å². The highest BCUT2D eigenvalue weighted by atomic mass is 16.4. The molecule has 3 nitrogen and oxygen atoms in total. The van der Waals surface area contributed by atoms with Gasteiger partial charge >= 0.3 is 5.97 Å². The lowest BCUT2D eigenvalue weighted by Crippen LogP contribution is -2.25. The van der Waals surface area contributed by atoms with E-state index >= 15 is 0 Å². The van der Waals surface area contributed by atoms with Crippen LogP contribution in [0.3, 0.4) is 0 Å². The van der Waals surface area contributed by atoms with Gasteiger partial charge in [0.05, 0.1) is 6.42 Å². The normalized spacial score (nSPS) is 21.1.